The van der Waals surface area contributed by atoms with E-state index < -0.39 is 0 Å². The van der Waals surface area contributed by atoms with E-state index in [1.165, 1.54) is 0 Å². The number of aromatic amines is 1. The summed E-state index contributed by atoms with van der Waals surface area (Å²) in [5, 5.41) is 11.7. The number of aromatic nitrogens is 3. The smallest absolute Gasteiger partial charge is 0.168 e. The fraction of sp³-hybridized carbons (Fsp3) is 0.0714. The van der Waals surface area contributed by atoms with E-state index in [-0.39, 0.29) is 0 Å². The molecule has 106 valence electrons. The number of anilines is 1. The fourth-order valence-corrected chi connectivity index (χ4v) is 2.53. The molecule has 5 nitrogen and oxygen atoms in total. The van der Waals surface area contributed by atoms with Crippen molar-refractivity contribution in [3.63, 3.8) is 0 Å². The molecule has 0 aliphatic heterocycles. The molecule has 0 amide bonds. The van der Waals surface area contributed by atoms with E-state index in [0.717, 1.165) is 28.4 Å². The quantitative estimate of drug-likeness (QED) is 0.719. The number of carbonyl (C=O) groups is 1. The van der Waals surface area contributed by atoms with Gasteiger partial charge in [-0.05, 0) is 18.2 Å². The number of nitrogens with one attached hydrogen (secondary N) is 2. The Morgan fingerprint density at radius 2 is 2.00 bits per heavy atom. The van der Waals surface area contributed by atoms with Crippen LogP contribution >= 0.6 is 23.2 Å². The molecule has 0 bridgehead atoms. The van der Waals surface area contributed by atoms with Gasteiger partial charge in [0.25, 0.3) is 0 Å². The van der Waals surface area contributed by atoms with Crippen molar-refractivity contribution in [2.75, 3.05) is 5.32 Å². The molecule has 0 saturated heterocycles. The largest absolute Gasteiger partial charge is 0.381 e. The molecular weight excluding hydrogens is 311 g/mol. The van der Waals surface area contributed by atoms with Crippen LogP contribution in [0.5, 0.6) is 0 Å². The Labute approximate surface area is 130 Å². The highest BCUT2D eigenvalue weighted by Crippen LogP contribution is 2.25. The molecule has 2 N–H and O–H groups in total. The van der Waals surface area contributed by atoms with Crippen molar-refractivity contribution in [3.05, 3.63) is 51.9 Å². The predicted molar refractivity (Wildman–Crippen MR) is 83.1 cm³/mol. The molecule has 21 heavy (non-hydrogen) atoms. The minimum atomic E-state index is 0.452. The number of H-pyrrole nitrogens is 1. The Morgan fingerprint density at radius 1 is 1.24 bits per heavy atom. The second-order valence-electron chi connectivity index (χ2n) is 4.42. The van der Waals surface area contributed by atoms with E-state index in [9.17, 15) is 4.79 Å². The molecule has 3 aromatic rings. The third-order valence-electron chi connectivity index (χ3n) is 3.12. The average Bonchev–Trinajstić information content (AvgIpc) is 2.89. The summed E-state index contributed by atoms with van der Waals surface area (Å²) in [4.78, 5) is 14.8. The summed E-state index contributed by atoms with van der Waals surface area (Å²) in [5.74, 6) is 0. The highest BCUT2D eigenvalue weighted by molar-refractivity contribution is 6.35. The van der Waals surface area contributed by atoms with Gasteiger partial charge < -0.3 is 5.32 Å². The lowest BCUT2D eigenvalue weighted by atomic mass is 10.2. The van der Waals surface area contributed by atoms with E-state index in [0.29, 0.717) is 22.3 Å². The zero-order chi connectivity index (χ0) is 14.8. The first-order valence-electron chi connectivity index (χ1n) is 6.14. The summed E-state index contributed by atoms with van der Waals surface area (Å²) < 4.78 is 0. The Bertz CT molecular complexity index is 796. The van der Waals surface area contributed by atoms with Gasteiger partial charge in [-0.1, -0.05) is 23.2 Å². The van der Waals surface area contributed by atoms with Crippen LogP contribution < -0.4 is 5.32 Å². The van der Waals surface area contributed by atoms with Gasteiger partial charge in [-0.2, -0.15) is 5.10 Å². The first kappa shape index (κ1) is 13.9. The maximum atomic E-state index is 10.9. The molecule has 2 heterocycles. The van der Waals surface area contributed by atoms with Crippen LogP contribution in [0.25, 0.3) is 10.9 Å². The molecular formula is C14H10Cl2N4O. The molecule has 0 aliphatic carbocycles. The normalized spacial score (nSPS) is 10.8. The van der Waals surface area contributed by atoms with Crippen LogP contribution in [0.15, 0.2) is 30.6 Å². The molecule has 0 atom stereocenters. The first-order valence-corrected chi connectivity index (χ1v) is 6.89. The second-order valence-corrected chi connectivity index (χ2v) is 5.24. The minimum Gasteiger partial charge on any atom is -0.381 e. The van der Waals surface area contributed by atoms with Crippen LogP contribution in [0, 0.1) is 0 Å². The van der Waals surface area contributed by atoms with Crippen LogP contribution in [0.4, 0.5) is 5.69 Å². The lowest BCUT2D eigenvalue weighted by molar-refractivity contribution is 0.112. The highest BCUT2D eigenvalue weighted by atomic mass is 35.5. The van der Waals surface area contributed by atoms with Gasteiger partial charge >= 0.3 is 0 Å². The fourth-order valence-electron chi connectivity index (χ4n) is 2.03. The monoisotopic (exact) mass is 320 g/mol. The standard InChI is InChI=1S/C14H10Cl2N4O/c15-11-5-17-6-12(16)10(11)4-18-8-1-2-13-9(3-8)14(7-21)20-19-13/h1-3,5-7,18H,4H2,(H,19,20). The molecule has 0 saturated carbocycles. The van der Waals surface area contributed by atoms with E-state index in [1.54, 1.807) is 12.4 Å². The molecule has 0 unspecified atom stereocenters. The van der Waals surface area contributed by atoms with Crippen molar-refractivity contribution in [2.45, 2.75) is 6.54 Å². The first-order chi connectivity index (χ1) is 10.2. The zero-order valence-electron chi connectivity index (χ0n) is 10.7. The van der Waals surface area contributed by atoms with Crippen molar-refractivity contribution < 1.29 is 4.79 Å². The Kier molecular flexibility index (Phi) is 3.77. The van der Waals surface area contributed by atoms with Gasteiger partial charge in [0.15, 0.2) is 6.29 Å². The Hall–Kier alpha value is -2.11. The number of nitrogens with zero attached hydrogens (tertiary/aromatic N) is 2. The molecule has 2 aromatic heterocycles. The van der Waals surface area contributed by atoms with Gasteiger partial charge in [-0.25, -0.2) is 0 Å². The highest BCUT2D eigenvalue weighted by Gasteiger charge is 2.08. The molecule has 3 rings (SSSR count). The predicted octanol–water partition coefficient (Wildman–Crippen LogP) is 3.69. The number of hydrogen-bond donors (Lipinski definition) is 2. The van der Waals surface area contributed by atoms with E-state index in [4.69, 9.17) is 23.2 Å². The number of hydrogen-bond acceptors (Lipinski definition) is 4. The van der Waals surface area contributed by atoms with Crippen LogP contribution in [0.2, 0.25) is 10.0 Å². The van der Waals surface area contributed by atoms with Gasteiger partial charge in [-0.15, -0.1) is 0 Å². The van der Waals surface area contributed by atoms with Crippen molar-refractivity contribution in [3.8, 4) is 0 Å². The average molecular weight is 321 g/mol. The number of carbonyl (C=O) groups excluding carboxylic acids is 1. The summed E-state index contributed by atoms with van der Waals surface area (Å²) in [6.07, 6.45) is 3.85. The number of pyridine rings is 1. The van der Waals surface area contributed by atoms with Crippen molar-refractivity contribution in [2.24, 2.45) is 0 Å². The van der Waals surface area contributed by atoms with Gasteiger partial charge in [0.2, 0.25) is 0 Å². The Morgan fingerprint density at radius 3 is 2.71 bits per heavy atom. The molecule has 7 heteroatoms. The van der Waals surface area contributed by atoms with Crippen LogP contribution in [-0.2, 0) is 6.54 Å². The summed E-state index contributed by atoms with van der Waals surface area (Å²) in [6.45, 7) is 0.458. The third kappa shape index (κ3) is 2.70. The number of benzene rings is 1. The molecule has 0 radical (unpaired) electrons. The number of fused-ring (bicyclic) bond motifs is 1. The maximum Gasteiger partial charge on any atom is 0.168 e. The van der Waals surface area contributed by atoms with E-state index in [2.05, 4.69) is 20.5 Å². The van der Waals surface area contributed by atoms with Crippen LogP contribution in [0.3, 0.4) is 0 Å². The summed E-state index contributed by atoms with van der Waals surface area (Å²) in [6, 6.07) is 5.56. The summed E-state index contributed by atoms with van der Waals surface area (Å²) in [5.41, 5.74) is 2.81. The summed E-state index contributed by atoms with van der Waals surface area (Å²) >= 11 is 12.1. The lowest BCUT2D eigenvalue weighted by Crippen LogP contribution is -2.01. The zero-order valence-corrected chi connectivity index (χ0v) is 12.2. The van der Waals surface area contributed by atoms with Crippen LogP contribution in [-0.4, -0.2) is 21.5 Å². The number of halogens is 2. The minimum absolute atomic E-state index is 0.452. The molecule has 0 spiro atoms. The third-order valence-corrected chi connectivity index (χ3v) is 3.77. The maximum absolute atomic E-state index is 10.9. The lowest BCUT2D eigenvalue weighted by Gasteiger charge is -2.09. The Balaban J connectivity index is 1.86. The number of rotatable bonds is 4. The molecule has 1 aromatic carbocycles. The van der Waals surface area contributed by atoms with E-state index >= 15 is 0 Å². The van der Waals surface area contributed by atoms with Gasteiger partial charge in [-0.3, -0.25) is 14.9 Å². The van der Waals surface area contributed by atoms with Crippen molar-refractivity contribution in [1.29, 1.82) is 0 Å². The van der Waals surface area contributed by atoms with E-state index in [1.807, 2.05) is 18.2 Å². The SMILES string of the molecule is O=Cc1[nH]nc2ccc(NCc3c(Cl)cncc3Cl)cc12. The van der Waals surface area contributed by atoms with Crippen molar-refractivity contribution in [1.82, 2.24) is 15.2 Å². The van der Waals surface area contributed by atoms with Crippen molar-refractivity contribution >= 4 is 46.1 Å². The van der Waals surface area contributed by atoms with Crippen LogP contribution in [0.1, 0.15) is 16.1 Å². The van der Waals surface area contributed by atoms with Gasteiger partial charge in [0, 0.05) is 35.6 Å². The topological polar surface area (TPSA) is 70.7 Å². The summed E-state index contributed by atoms with van der Waals surface area (Å²) in [7, 11) is 0. The van der Waals surface area contributed by atoms with Gasteiger partial charge in [0.1, 0.15) is 5.69 Å². The molecule has 0 fully saturated rings. The second kappa shape index (κ2) is 5.71. The number of aldehydes is 1. The van der Waals surface area contributed by atoms with Gasteiger partial charge in [0.05, 0.1) is 15.6 Å². The molecule has 0 aliphatic rings.